The Morgan fingerprint density at radius 1 is 1.12 bits per heavy atom. The topological polar surface area (TPSA) is 106 Å². The van der Waals surface area contributed by atoms with Gasteiger partial charge in [0, 0.05) is 24.3 Å². The van der Waals surface area contributed by atoms with Crippen LogP contribution in [0, 0.1) is 6.92 Å². The molecule has 10 heteroatoms. The molecule has 0 bridgehead atoms. The number of aliphatic imine (C=N–C) groups is 1. The van der Waals surface area contributed by atoms with Crippen LogP contribution in [0.2, 0.25) is 0 Å². The minimum Gasteiger partial charge on any atom is -0.494 e. The van der Waals surface area contributed by atoms with Crippen molar-refractivity contribution >= 4 is 50.0 Å². The summed E-state index contributed by atoms with van der Waals surface area (Å²) in [6, 6.07) is 14.3. The Morgan fingerprint density at radius 3 is 2.47 bits per heavy atom. The fraction of sp³-hybridized carbons (Fsp3) is 0.182. The van der Waals surface area contributed by atoms with Gasteiger partial charge in [-0.1, -0.05) is 45.9 Å². The quantitative estimate of drug-likeness (QED) is 0.399. The number of thioether (sulfide) groups is 1. The second-order valence-corrected chi connectivity index (χ2v) is 8.83. The Labute approximate surface area is 196 Å². The molecular formula is C22H21BrN4O4S. The maximum absolute atomic E-state index is 12.8. The first-order valence-corrected chi connectivity index (χ1v) is 11.3. The van der Waals surface area contributed by atoms with Crippen molar-refractivity contribution in [3.63, 3.8) is 0 Å². The van der Waals surface area contributed by atoms with Crippen molar-refractivity contribution in [1.29, 1.82) is 0 Å². The molecule has 0 unspecified atom stereocenters. The predicted molar refractivity (Wildman–Crippen MR) is 131 cm³/mol. The van der Waals surface area contributed by atoms with Crippen LogP contribution in [-0.4, -0.2) is 30.9 Å². The molecule has 0 atom stereocenters. The molecule has 0 aliphatic heterocycles. The lowest BCUT2D eigenvalue weighted by atomic mass is 10.2. The highest BCUT2D eigenvalue weighted by Crippen LogP contribution is 2.24. The minimum absolute atomic E-state index is 0.0629. The molecule has 2 N–H and O–H groups in total. The van der Waals surface area contributed by atoms with E-state index in [1.807, 2.05) is 25.1 Å². The molecule has 32 heavy (non-hydrogen) atoms. The monoisotopic (exact) mass is 516 g/mol. The van der Waals surface area contributed by atoms with Crippen molar-refractivity contribution in [1.82, 2.24) is 9.13 Å². The van der Waals surface area contributed by atoms with E-state index in [4.69, 9.17) is 0 Å². The molecule has 0 radical (unpaired) electrons. The van der Waals surface area contributed by atoms with Crippen LogP contribution in [0.3, 0.4) is 0 Å². The van der Waals surface area contributed by atoms with Gasteiger partial charge < -0.3 is 10.4 Å². The Kier molecular flexibility index (Phi) is 7.37. The number of nitrogens with one attached hydrogen (secondary N) is 1. The summed E-state index contributed by atoms with van der Waals surface area (Å²) in [6.45, 7) is 1.88. The zero-order valence-electron chi connectivity index (χ0n) is 17.6. The van der Waals surface area contributed by atoms with Crippen molar-refractivity contribution in [2.45, 2.75) is 6.92 Å². The zero-order valence-corrected chi connectivity index (χ0v) is 20.0. The number of hydrogen-bond acceptors (Lipinski definition) is 6. The van der Waals surface area contributed by atoms with Crippen molar-refractivity contribution in [3.8, 4) is 5.88 Å². The van der Waals surface area contributed by atoms with Gasteiger partial charge in [0.25, 0.3) is 5.56 Å². The van der Waals surface area contributed by atoms with E-state index >= 15 is 0 Å². The van der Waals surface area contributed by atoms with E-state index in [-0.39, 0.29) is 22.3 Å². The van der Waals surface area contributed by atoms with Crippen molar-refractivity contribution in [2.75, 3.05) is 11.1 Å². The highest BCUT2D eigenvalue weighted by Gasteiger charge is 2.22. The van der Waals surface area contributed by atoms with Gasteiger partial charge in [0.1, 0.15) is 10.6 Å². The summed E-state index contributed by atoms with van der Waals surface area (Å²) in [6.07, 6.45) is 0. The van der Waals surface area contributed by atoms with Gasteiger partial charge in [-0.25, -0.2) is 9.79 Å². The predicted octanol–water partition coefficient (Wildman–Crippen LogP) is 3.31. The van der Waals surface area contributed by atoms with E-state index in [0.29, 0.717) is 11.4 Å². The van der Waals surface area contributed by atoms with E-state index in [2.05, 4.69) is 26.2 Å². The summed E-state index contributed by atoms with van der Waals surface area (Å²) in [5, 5.41) is 13.5. The summed E-state index contributed by atoms with van der Waals surface area (Å²) in [7, 11) is 2.68. The molecule has 166 valence electrons. The van der Waals surface area contributed by atoms with Gasteiger partial charge in [-0.2, -0.15) is 0 Å². The summed E-state index contributed by atoms with van der Waals surface area (Å²) in [5.74, 6) is -0.876. The number of amides is 1. The van der Waals surface area contributed by atoms with Crippen molar-refractivity contribution in [3.05, 3.63) is 85.0 Å². The van der Waals surface area contributed by atoms with Crippen LogP contribution in [0.5, 0.6) is 5.88 Å². The van der Waals surface area contributed by atoms with Gasteiger partial charge >= 0.3 is 5.69 Å². The van der Waals surface area contributed by atoms with Gasteiger partial charge in [0.15, 0.2) is 0 Å². The van der Waals surface area contributed by atoms with Gasteiger partial charge in [0.05, 0.1) is 11.4 Å². The maximum Gasteiger partial charge on any atom is 0.333 e. The average molecular weight is 517 g/mol. The first kappa shape index (κ1) is 23.6. The van der Waals surface area contributed by atoms with Gasteiger partial charge in [-0.3, -0.25) is 18.7 Å². The summed E-state index contributed by atoms with van der Waals surface area (Å²) in [5.41, 5.74) is 0.591. The molecule has 3 aromatic rings. The number of benzene rings is 2. The summed E-state index contributed by atoms with van der Waals surface area (Å²) in [4.78, 5) is 42.0. The summed E-state index contributed by atoms with van der Waals surface area (Å²) >= 11 is 4.39. The minimum atomic E-state index is -0.697. The van der Waals surface area contributed by atoms with Crippen LogP contribution in [0.25, 0.3) is 0 Å². The Hall–Kier alpha value is -3.11. The molecule has 0 saturated heterocycles. The van der Waals surface area contributed by atoms with Gasteiger partial charge in [-0.05, 0) is 42.8 Å². The van der Waals surface area contributed by atoms with Crippen LogP contribution < -0.4 is 16.6 Å². The number of aryl methyl sites for hydroxylation is 1. The number of halogens is 1. The van der Waals surface area contributed by atoms with E-state index in [1.165, 1.54) is 14.1 Å². The van der Waals surface area contributed by atoms with E-state index in [1.54, 1.807) is 30.3 Å². The van der Waals surface area contributed by atoms with Gasteiger partial charge in [0.2, 0.25) is 11.8 Å². The number of rotatable bonds is 5. The number of aromatic hydroxyl groups is 1. The number of nitrogens with zero attached hydrogens (tertiary/aromatic N) is 3. The smallest absolute Gasteiger partial charge is 0.333 e. The normalized spacial score (nSPS) is 11.4. The fourth-order valence-electron chi connectivity index (χ4n) is 2.89. The molecule has 1 heterocycles. The molecule has 1 aromatic heterocycles. The van der Waals surface area contributed by atoms with Crippen molar-refractivity contribution < 1.29 is 9.90 Å². The average Bonchev–Trinajstić information content (AvgIpc) is 2.77. The van der Waals surface area contributed by atoms with Crippen LogP contribution in [0.15, 0.2) is 67.6 Å². The second-order valence-electron chi connectivity index (χ2n) is 6.95. The van der Waals surface area contributed by atoms with E-state index in [9.17, 15) is 19.5 Å². The highest BCUT2D eigenvalue weighted by molar-refractivity contribution is 9.10. The third kappa shape index (κ3) is 5.20. The standard InChI is InChI=1S/C22H21BrN4O4S/c1-13-11-14(23)9-10-16(13)25-17(28)12-32-19(24-15-7-5-4-6-8-15)18-20(29)26(2)22(31)27(3)21(18)30/h4-11,29H,12H2,1-3H3,(H,25,28). The largest absolute Gasteiger partial charge is 0.494 e. The van der Waals surface area contributed by atoms with Gasteiger partial charge in [-0.15, -0.1) is 0 Å². The molecule has 1 amide bonds. The maximum atomic E-state index is 12.8. The van der Waals surface area contributed by atoms with Crippen molar-refractivity contribution in [2.24, 2.45) is 19.1 Å². The van der Waals surface area contributed by atoms with E-state index < -0.39 is 17.1 Å². The number of carbonyl (C=O) groups is 1. The fourth-order valence-corrected chi connectivity index (χ4v) is 4.20. The number of carbonyl (C=O) groups excluding carboxylic acids is 1. The Bertz CT molecular complexity index is 1320. The molecule has 0 aliphatic carbocycles. The third-order valence-electron chi connectivity index (χ3n) is 4.64. The second kappa shape index (κ2) is 10.0. The molecule has 3 rings (SSSR count). The number of anilines is 1. The number of para-hydroxylation sites is 1. The van der Waals surface area contributed by atoms with E-state index in [0.717, 1.165) is 30.9 Å². The zero-order chi connectivity index (χ0) is 23.4. The molecule has 8 nitrogen and oxygen atoms in total. The van der Waals surface area contributed by atoms with Crippen LogP contribution in [-0.2, 0) is 18.9 Å². The lowest BCUT2D eigenvalue weighted by molar-refractivity contribution is -0.113. The molecule has 0 spiro atoms. The molecule has 0 aliphatic rings. The number of aromatic nitrogens is 2. The first-order chi connectivity index (χ1) is 15.2. The first-order valence-electron chi connectivity index (χ1n) is 9.51. The molecule has 2 aromatic carbocycles. The Balaban J connectivity index is 1.95. The molecule has 0 fully saturated rings. The Morgan fingerprint density at radius 2 is 1.81 bits per heavy atom. The lowest BCUT2D eigenvalue weighted by Gasteiger charge is -2.13. The van der Waals surface area contributed by atoms with Crippen LogP contribution in [0.1, 0.15) is 11.1 Å². The lowest BCUT2D eigenvalue weighted by Crippen LogP contribution is -2.39. The van der Waals surface area contributed by atoms with Crippen LogP contribution in [0.4, 0.5) is 11.4 Å². The molecule has 0 saturated carbocycles. The summed E-state index contributed by atoms with van der Waals surface area (Å²) < 4.78 is 2.76. The highest BCUT2D eigenvalue weighted by atomic mass is 79.9. The molecular weight excluding hydrogens is 496 g/mol. The third-order valence-corrected chi connectivity index (χ3v) is 6.11. The van der Waals surface area contributed by atoms with Crippen LogP contribution >= 0.6 is 27.7 Å². The number of hydrogen-bond donors (Lipinski definition) is 2. The SMILES string of the molecule is Cc1cc(Br)ccc1NC(=O)CSC(=Nc1ccccc1)c1c(O)n(C)c(=O)n(C)c1=O.